The third-order valence-electron chi connectivity index (χ3n) is 6.25. The molecule has 0 N–H and O–H groups in total. The van der Waals surface area contributed by atoms with Gasteiger partial charge in [0.1, 0.15) is 0 Å². The van der Waals surface area contributed by atoms with E-state index < -0.39 is 32.5 Å². The van der Waals surface area contributed by atoms with Gasteiger partial charge in [-0.2, -0.15) is 0 Å². The van der Waals surface area contributed by atoms with Crippen molar-refractivity contribution in [3.8, 4) is 0 Å². The molecule has 0 saturated carbocycles. The summed E-state index contributed by atoms with van der Waals surface area (Å²) in [5.74, 6) is 0. The second-order valence-electron chi connectivity index (χ2n) is 9.10. The zero-order valence-electron chi connectivity index (χ0n) is 17.6. The molecule has 0 aliphatic rings. The van der Waals surface area contributed by atoms with Gasteiger partial charge in [-0.05, 0) is 0 Å². The van der Waals surface area contributed by atoms with Crippen LogP contribution in [-0.2, 0) is 0 Å². The van der Waals surface area contributed by atoms with E-state index in [9.17, 15) is 8.78 Å². The van der Waals surface area contributed by atoms with Gasteiger partial charge in [0.25, 0.3) is 0 Å². The fraction of sp³-hybridized carbons (Fsp3) is 0.900. The van der Waals surface area contributed by atoms with Crippen molar-refractivity contribution < 1.29 is 8.78 Å². The van der Waals surface area contributed by atoms with Crippen LogP contribution in [0.4, 0.5) is 8.78 Å². The molecular formula is C20H42F2SiSn. The molecule has 0 saturated heterocycles. The van der Waals surface area contributed by atoms with Crippen molar-refractivity contribution in [2.45, 2.75) is 112 Å². The predicted octanol–water partition coefficient (Wildman–Crippen LogP) is 8.57. The molecule has 0 atom stereocenters. The molecular weight excluding hydrogens is 425 g/mol. The normalized spacial score (nSPS) is 13.2. The fourth-order valence-corrected chi connectivity index (χ4v) is 37.6. The Morgan fingerprint density at radius 3 is 1.33 bits per heavy atom. The quantitative estimate of drug-likeness (QED) is 0.267. The number of hydrogen-bond donors (Lipinski definition) is 0. The molecule has 0 radical (unpaired) electrons. The molecule has 0 fully saturated rings. The van der Waals surface area contributed by atoms with E-state index >= 15 is 0 Å². The van der Waals surface area contributed by atoms with Gasteiger partial charge in [-0.25, -0.2) is 0 Å². The number of hydrogen-bond acceptors (Lipinski definition) is 0. The average Bonchev–Trinajstić information content (AvgIpc) is 2.46. The third kappa shape index (κ3) is 6.41. The average molecular weight is 467 g/mol. The van der Waals surface area contributed by atoms with Crippen LogP contribution < -0.4 is 0 Å². The SMILES string of the molecule is CCC[CH2][Sn]([CH2]CCC)([CH2]CCC)[C](=C(F)F)[Si](C)(C)C(C)(C)C. The summed E-state index contributed by atoms with van der Waals surface area (Å²) in [6.07, 6.45) is 5.58. The van der Waals surface area contributed by atoms with Gasteiger partial charge in [0.15, 0.2) is 0 Å². The molecule has 0 aliphatic heterocycles. The second kappa shape index (κ2) is 10.7. The summed E-state index contributed by atoms with van der Waals surface area (Å²) in [5.41, 5.74) is 0. The Morgan fingerprint density at radius 1 is 0.792 bits per heavy atom. The molecule has 0 heterocycles. The van der Waals surface area contributed by atoms with E-state index in [1.54, 1.807) is 0 Å². The van der Waals surface area contributed by atoms with Gasteiger partial charge in [-0.15, -0.1) is 0 Å². The first kappa shape index (κ1) is 24.6. The van der Waals surface area contributed by atoms with Crippen LogP contribution in [0.2, 0.25) is 31.4 Å². The third-order valence-corrected chi connectivity index (χ3v) is 35.1. The molecule has 0 unspecified atom stereocenters. The Labute approximate surface area is 155 Å². The topological polar surface area (TPSA) is 0 Å². The maximum atomic E-state index is 14.5. The minimum atomic E-state index is -3.04. The Kier molecular flexibility index (Phi) is 11.0. The summed E-state index contributed by atoms with van der Waals surface area (Å²) in [7, 11) is -2.16. The summed E-state index contributed by atoms with van der Waals surface area (Å²) >= 11 is -3.04. The molecule has 0 amide bonds. The summed E-state index contributed by atoms with van der Waals surface area (Å²) in [6.45, 7) is 17.6. The molecule has 24 heavy (non-hydrogen) atoms. The van der Waals surface area contributed by atoms with Crippen LogP contribution in [0.25, 0.3) is 0 Å². The van der Waals surface area contributed by atoms with Crippen LogP contribution in [0.3, 0.4) is 0 Å². The van der Waals surface area contributed by atoms with Crippen LogP contribution in [0.1, 0.15) is 80.1 Å². The molecule has 0 nitrogen and oxygen atoms in total. The monoisotopic (exact) mass is 468 g/mol. The van der Waals surface area contributed by atoms with Crippen molar-refractivity contribution in [1.29, 1.82) is 0 Å². The van der Waals surface area contributed by atoms with Crippen molar-refractivity contribution in [2.75, 3.05) is 0 Å². The summed E-state index contributed by atoms with van der Waals surface area (Å²) in [5, 5.41) is -0.00141. The number of halogens is 2. The van der Waals surface area contributed by atoms with E-state index in [0.717, 1.165) is 55.0 Å². The minimum absolute atomic E-state index is 0.00141. The zero-order valence-corrected chi connectivity index (χ0v) is 21.5. The van der Waals surface area contributed by atoms with Crippen LogP contribution in [0.15, 0.2) is 9.29 Å². The van der Waals surface area contributed by atoms with Gasteiger partial charge < -0.3 is 0 Å². The molecule has 0 bridgehead atoms. The fourth-order valence-electron chi connectivity index (χ4n) is 3.77. The van der Waals surface area contributed by atoms with E-state index in [2.05, 4.69) is 54.6 Å². The van der Waals surface area contributed by atoms with Crippen molar-refractivity contribution in [3.05, 3.63) is 9.29 Å². The van der Waals surface area contributed by atoms with E-state index in [0.29, 0.717) is 0 Å². The molecule has 0 spiro atoms. The molecule has 0 aromatic heterocycles. The van der Waals surface area contributed by atoms with Crippen LogP contribution in [0.5, 0.6) is 0 Å². The molecule has 4 heteroatoms. The van der Waals surface area contributed by atoms with E-state index in [4.69, 9.17) is 0 Å². The van der Waals surface area contributed by atoms with Gasteiger partial charge in [-0.1, -0.05) is 0 Å². The van der Waals surface area contributed by atoms with E-state index in [-0.39, 0.29) is 5.04 Å². The van der Waals surface area contributed by atoms with Crippen LogP contribution in [-0.4, -0.2) is 26.5 Å². The van der Waals surface area contributed by atoms with Gasteiger partial charge in [0, 0.05) is 0 Å². The Bertz CT molecular complexity index is 371. The van der Waals surface area contributed by atoms with Crippen LogP contribution in [0, 0.1) is 0 Å². The molecule has 144 valence electrons. The van der Waals surface area contributed by atoms with E-state index in [1.165, 1.54) is 0 Å². The molecule has 0 aromatic carbocycles. The van der Waals surface area contributed by atoms with Crippen molar-refractivity contribution in [1.82, 2.24) is 0 Å². The Balaban J connectivity index is 6.20. The van der Waals surface area contributed by atoms with Crippen molar-refractivity contribution in [3.63, 3.8) is 0 Å². The number of rotatable bonds is 11. The van der Waals surface area contributed by atoms with Crippen molar-refractivity contribution in [2.24, 2.45) is 0 Å². The summed E-state index contributed by atoms with van der Waals surface area (Å²) < 4.78 is 33.2. The Morgan fingerprint density at radius 2 is 1.12 bits per heavy atom. The first-order valence-corrected chi connectivity index (χ1v) is 20.5. The standard InChI is InChI=1S/C8H15F2Si.3C4H9.Sn/c1-8(2,3)11(4,5)6-7(9)10;3*1-3-4-2;/h1-5H3;3*1,3-4H2,2H3;. The summed E-state index contributed by atoms with van der Waals surface area (Å²) in [4.78, 5) is 0. The second-order valence-corrected chi connectivity index (χ2v) is 28.8. The van der Waals surface area contributed by atoms with E-state index in [1.807, 2.05) is 0 Å². The molecule has 0 rings (SSSR count). The van der Waals surface area contributed by atoms with Gasteiger partial charge in [0.2, 0.25) is 0 Å². The van der Waals surface area contributed by atoms with Crippen LogP contribution >= 0.6 is 0 Å². The Hall–Kier alpha value is 0.616. The maximum absolute atomic E-state index is 14.5. The first-order chi connectivity index (χ1) is 11.0. The van der Waals surface area contributed by atoms with Gasteiger partial charge in [0.05, 0.1) is 0 Å². The van der Waals surface area contributed by atoms with Crippen molar-refractivity contribution >= 4 is 26.5 Å². The first-order valence-electron chi connectivity index (χ1n) is 10.1. The van der Waals surface area contributed by atoms with Gasteiger partial charge in [-0.3, -0.25) is 0 Å². The summed E-state index contributed by atoms with van der Waals surface area (Å²) in [6, 6.07) is 0. The zero-order chi connectivity index (χ0) is 19.0. The molecule has 0 aliphatic carbocycles. The number of unbranched alkanes of at least 4 members (excludes halogenated alkanes) is 3. The van der Waals surface area contributed by atoms with Gasteiger partial charge >= 0.3 is 156 Å². The molecule has 0 aromatic rings. The predicted molar refractivity (Wildman–Crippen MR) is 111 cm³/mol.